The normalized spacial score (nSPS) is 13.2. The lowest BCUT2D eigenvalue weighted by molar-refractivity contribution is -0.143. The highest BCUT2D eigenvalue weighted by Crippen LogP contribution is 2.14. The summed E-state index contributed by atoms with van der Waals surface area (Å²) >= 11 is 0. The lowest BCUT2D eigenvalue weighted by Crippen LogP contribution is -2.41. The van der Waals surface area contributed by atoms with Crippen LogP contribution in [0.25, 0.3) is 0 Å². The Kier molecular flexibility index (Phi) is 22.7. The van der Waals surface area contributed by atoms with Gasteiger partial charge in [-0.05, 0) is 19.3 Å². The molecule has 194 valence electrons. The van der Waals surface area contributed by atoms with Crippen molar-refractivity contribution in [2.75, 3.05) is 27.4 Å². The van der Waals surface area contributed by atoms with Crippen LogP contribution in [-0.2, 0) is 23.8 Å². The van der Waals surface area contributed by atoms with E-state index in [4.69, 9.17) is 14.2 Å². The Hall–Kier alpha value is -1.40. The monoisotopic (exact) mass is 469 g/mol. The van der Waals surface area contributed by atoms with Gasteiger partial charge in [-0.2, -0.15) is 0 Å². The van der Waals surface area contributed by atoms with E-state index in [1.807, 2.05) is 6.08 Å². The van der Waals surface area contributed by atoms with Crippen molar-refractivity contribution >= 4 is 11.9 Å². The number of amides is 1. The summed E-state index contributed by atoms with van der Waals surface area (Å²) in [5.74, 6) is -0.438. The maximum absolute atomic E-state index is 12.1. The highest BCUT2D eigenvalue weighted by atomic mass is 16.5. The molecule has 0 heterocycles. The Balaban J connectivity index is 3.79. The summed E-state index contributed by atoms with van der Waals surface area (Å²) in [6, 6.07) is -0.320. The van der Waals surface area contributed by atoms with Crippen molar-refractivity contribution in [3.05, 3.63) is 12.2 Å². The molecular weight excluding hydrogens is 418 g/mol. The Morgan fingerprint density at radius 3 is 2.00 bits per heavy atom. The molecule has 0 aliphatic heterocycles. The first-order valence-electron chi connectivity index (χ1n) is 13.1. The van der Waals surface area contributed by atoms with Gasteiger partial charge < -0.3 is 19.5 Å². The quantitative estimate of drug-likeness (QED) is 0.111. The number of rotatable bonds is 23. The van der Waals surface area contributed by atoms with Crippen molar-refractivity contribution in [2.24, 2.45) is 0 Å². The molecule has 0 aliphatic rings. The second-order valence-corrected chi connectivity index (χ2v) is 8.95. The van der Waals surface area contributed by atoms with E-state index < -0.39 is 0 Å². The number of ether oxygens (including phenoxy) is 3. The topological polar surface area (TPSA) is 73.9 Å². The van der Waals surface area contributed by atoms with Crippen LogP contribution in [0.15, 0.2) is 12.2 Å². The van der Waals surface area contributed by atoms with Gasteiger partial charge in [-0.15, -0.1) is 0 Å². The summed E-state index contributed by atoms with van der Waals surface area (Å²) in [5, 5.41) is 2.85. The van der Waals surface area contributed by atoms with Gasteiger partial charge >= 0.3 is 5.97 Å². The molecule has 6 heteroatoms. The SMILES string of the molecule is CCCCCCCCCCCCC[C@@H](C/C=C/CCC(=O)N[C@H](COC)COC(C)=O)OC. The summed E-state index contributed by atoms with van der Waals surface area (Å²) in [6.07, 6.45) is 22.4. The van der Waals surface area contributed by atoms with Crippen molar-refractivity contribution in [1.82, 2.24) is 5.32 Å². The van der Waals surface area contributed by atoms with Crippen LogP contribution in [-0.4, -0.2) is 51.5 Å². The Bertz CT molecular complexity index is 495. The van der Waals surface area contributed by atoms with Crippen LogP contribution in [0.3, 0.4) is 0 Å². The van der Waals surface area contributed by atoms with Crippen molar-refractivity contribution in [3.8, 4) is 0 Å². The first-order valence-corrected chi connectivity index (χ1v) is 13.1. The lowest BCUT2D eigenvalue weighted by atomic mass is 10.0. The number of methoxy groups -OCH3 is 2. The van der Waals surface area contributed by atoms with Crippen LogP contribution in [0.5, 0.6) is 0 Å². The molecule has 0 fully saturated rings. The zero-order valence-electron chi connectivity index (χ0n) is 21.9. The molecule has 0 aromatic heterocycles. The summed E-state index contributed by atoms with van der Waals surface area (Å²) in [7, 11) is 3.34. The van der Waals surface area contributed by atoms with Crippen LogP contribution >= 0.6 is 0 Å². The first-order chi connectivity index (χ1) is 16.0. The summed E-state index contributed by atoms with van der Waals surface area (Å²) < 4.78 is 15.6. The number of unbranched alkanes of at least 4 members (excludes halogenated alkanes) is 10. The van der Waals surface area contributed by atoms with E-state index in [0.717, 1.165) is 12.8 Å². The van der Waals surface area contributed by atoms with Crippen LogP contribution in [0, 0.1) is 0 Å². The second kappa shape index (κ2) is 23.7. The maximum atomic E-state index is 12.1. The molecule has 0 spiro atoms. The molecule has 0 unspecified atom stereocenters. The number of esters is 1. The number of hydrogen-bond donors (Lipinski definition) is 1. The van der Waals surface area contributed by atoms with E-state index >= 15 is 0 Å². The van der Waals surface area contributed by atoms with E-state index in [-0.39, 0.29) is 30.6 Å². The van der Waals surface area contributed by atoms with Gasteiger partial charge in [0.15, 0.2) is 0 Å². The molecule has 0 radical (unpaired) electrons. The minimum Gasteiger partial charge on any atom is -0.464 e. The highest BCUT2D eigenvalue weighted by Gasteiger charge is 2.13. The first kappa shape index (κ1) is 31.6. The van der Waals surface area contributed by atoms with Gasteiger partial charge in [0.2, 0.25) is 5.91 Å². The predicted molar refractivity (Wildman–Crippen MR) is 135 cm³/mol. The largest absolute Gasteiger partial charge is 0.464 e. The number of allylic oxidation sites excluding steroid dienone is 1. The maximum Gasteiger partial charge on any atom is 0.302 e. The molecule has 1 amide bonds. The summed E-state index contributed by atoms with van der Waals surface area (Å²) in [6.45, 7) is 4.05. The van der Waals surface area contributed by atoms with Crippen molar-refractivity contribution in [3.63, 3.8) is 0 Å². The minimum atomic E-state index is -0.367. The summed E-state index contributed by atoms with van der Waals surface area (Å²) in [5.41, 5.74) is 0. The number of nitrogens with one attached hydrogen (secondary N) is 1. The van der Waals surface area contributed by atoms with Gasteiger partial charge in [0.25, 0.3) is 0 Å². The van der Waals surface area contributed by atoms with Gasteiger partial charge in [-0.3, -0.25) is 9.59 Å². The lowest BCUT2D eigenvalue weighted by Gasteiger charge is -2.17. The molecule has 0 saturated carbocycles. The zero-order valence-corrected chi connectivity index (χ0v) is 21.9. The molecular formula is C27H51NO5. The average molecular weight is 470 g/mol. The van der Waals surface area contributed by atoms with Crippen molar-refractivity contribution in [2.45, 2.75) is 122 Å². The fraction of sp³-hybridized carbons (Fsp3) is 0.852. The van der Waals surface area contributed by atoms with Crippen molar-refractivity contribution in [1.29, 1.82) is 0 Å². The molecule has 0 rings (SSSR count). The van der Waals surface area contributed by atoms with Crippen molar-refractivity contribution < 1.29 is 23.8 Å². The summed E-state index contributed by atoms with van der Waals surface area (Å²) in [4.78, 5) is 23.0. The van der Waals surface area contributed by atoms with Gasteiger partial charge in [0, 0.05) is 27.6 Å². The molecule has 0 saturated heterocycles. The van der Waals surface area contributed by atoms with Gasteiger partial charge in [-0.25, -0.2) is 0 Å². The minimum absolute atomic E-state index is 0.0712. The third kappa shape index (κ3) is 22.2. The van der Waals surface area contributed by atoms with E-state index in [9.17, 15) is 9.59 Å². The van der Waals surface area contributed by atoms with E-state index in [1.54, 1.807) is 14.2 Å². The average Bonchev–Trinajstić information content (AvgIpc) is 2.79. The van der Waals surface area contributed by atoms with E-state index in [2.05, 4.69) is 18.3 Å². The molecule has 2 atom stereocenters. The molecule has 33 heavy (non-hydrogen) atoms. The molecule has 0 aliphatic carbocycles. The third-order valence-corrected chi connectivity index (χ3v) is 5.79. The predicted octanol–water partition coefficient (Wildman–Crippen LogP) is 6.12. The van der Waals surface area contributed by atoms with Crippen LogP contribution in [0.1, 0.15) is 110 Å². The Labute approximate surface area is 203 Å². The van der Waals surface area contributed by atoms with Gasteiger partial charge in [0.1, 0.15) is 6.61 Å². The third-order valence-electron chi connectivity index (χ3n) is 5.79. The smallest absolute Gasteiger partial charge is 0.302 e. The van der Waals surface area contributed by atoms with Crippen LogP contribution in [0.4, 0.5) is 0 Å². The molecule has 0 aromatic carbocycles. The standard InChI is InChI=1S/C27H51NO5/c1-5-6-7-8-9-10-11-12-13-14-16-19-26(32-4)20-17-15-18-21-27(30)28-25(22-31-3)23-33-24(2)29/h15,17,25-26H,5-14,16,18-23H2,1-4H3,(H,28,30)/b17-15+/t25-,26+/m1/s1. The Morgan fingerprint density at radius 1 is 0.848 bits per heavy atom. The zero-order chi connectivity index (χ0) is 24.6. The molecule has 6 nitrogen and oxygen atoms in total. The van der Waals surface area contributed by atoms with Crippen LogP contribution in [0.2, 0.25) is 0 Å². The highest BCUT2D eigenvalue weighted by molar-refractivity contribution is 5.76. The fourth-order valence-corrected chi connectivity index (χ4v) is 3.80. The molecule has 1 N–H and O–H groups in total. The number of carbonyl (C=O) groups is 2. The van der Waals surface area contributed by atoms with Gasteiger partial charge in [-0.1, -0.05) is 89.7 Å². The van der Waals surface area contributed by atoms with Crippen LogP contribution < -0.4 is 5.32 Å². The van der Waals surface area contributed by atoms with E-state index in [0.29, 0.717) is 19.4 Å². The Morgan fingerprint density at radius 2 is 1.45 bits per heavy atom. The number of hydrogen-bond acceptors (Lipinski definition) is 5. The van der Waals surface area contributed by atoms with E-state index in [1.165, 1.54) is 77.6 Å². The van der Waals surface area contributed by atoms with Gasteiger partial charge in [0.05, 0.1) is 18.8 Å². The molecule has 0 bridgehead atoms. The molecule has 0 aromatic rings. The second-order valence-electron chi connectivity index (χ2n) is 8.95. The number of carbonyl (C=O) groups excluding carboxylic acids is 2. The fourth-order valence-electron chi connectivity index (χ4n) is 3.80.